The van der Waals surface area contributed by atoms with Crippen molar-refractivity contribution in [3.63, 3.8) is 0 Å². The normalized spacial score (nSPS) is 14.9. The van der Waals surface area contributed by atoms with E-state index in [2.05, 4.69) is 39.9 Å². The third-order valence-electron chi connectivity index (χ3n) is 5.32. The van der Waals surface area contributed by atoms with E-state index in [-0.39, 0.29) is 5.91 Å². The summed E-state index contributed by atoms with van der Waals surface area (Å²) in [5.74, 6) is 1.62. The third-order valence-corrected chi connectivity index (χ3v) is 5.84. The van der Waals surface area contributed by atoms with Gasteiger partial charge in [0.25, 0.3) is 5.91 Å². The molecule has 1 amide bonds. The van der Waals surface area contributed by atoms with Crippen LogP contribution in [0.15, 0.2) is 57.4 Å². The molecule has 29 heavy (non-hydrogen) atoms. The molecule has 0 spiro atoms. The summed E-state index contributed by atoms with van der Waals surface area (Å²) in [6, 6.07) is 15.7. The second kappa shape index (κ2) is 8.51. The van der Waals surface area contributed by atoms with E-state index in [1.165, 1.54) is 5.56 Å². The quantitative estimate of drug-likeness (QED) is 0.575. The molecule has 2 aromatic carbocycles. The fourth-order valence-electron chi connectivity index (χ4n) is 3.49. The number of benzene rings is 2. The summed E-state index contributed by atoms with van der Waals surface area (Å²) in [6.45, 7) is 7.86. The van der Waals surface area contributed by atoms with Crippen molar-refractivity contribution in [3.05, 3.63) is 75.6 Å². The number of hydrogen-bond donors (Lipinski definition) is 0. The van der Waals surface area contributed by atoms with Gasteiger partial charge in [-0.15, -0.1) is 0 Å². The lowest BCUT2D eigenvalue weighted by Crippen LogP contribution is -2.48. The molecule has 0 radical (unpaired) electrons. The number of aryl methyl sites for hydroxylation is 2. The molecule has 2 heterocycles. The maximum atomic E-state index is 12.7. The van der Waals surface area contributed by atoms with Crippen LogP contribution in [-0.2, 0) is 6.54 Å². The van der Waals surface area contributed by atoms with Gasteiger partial charge in [-0.05, 0) is 50.2 Å². The molecule has 1 aliphatic rings. The summed E-state index contributed by atoms with van der Waals surface area (Å²) in [7, 11) is 0. The summed E-state index contributed by atoms with van der Waals surface area (Å²) < 4.78 is 6.88. The molecule has 0 atom stereocenters. The molecule has 150 valence electrons. The molecule has 3 aromatic rings. The standard InChI is InChI=1S/C23H24BrN3O2/c1-16-3-5-18(6-4-16)22-25-21(17(2)29-22)15-26-11-13-27(14-12-26)23(28)19-7-9-20(24)10-8-19/h3-10H,11-15H2,1-2H3. The number of oxazole rings is 1. The maximum Gasteiger partial charge on any atom is 0.253 e. The van der Waals surface area contributed by atoms with Crippen molar-refractivity contribution < 1.29 is 9.21 Å². The Morgan fingerprint density at radius 1 is 1.00 bits per heavy atom. The van der Waals surface area contributed by atoms with Gasteiger partial charge in [-0.1, -0.05) is 33.6 Å². The summed E-state index contributed by atoms with van der Waals surface area (Å²) in [4.78, 5) is 21.7. The zero-order valence-corrected chi connectivity index (χ0v) is 18.3. The highest BCUT2D eigenvalue weighted by Gasteiger charge is 2.23. The minimum absolute atomic E-state index is 0.0939. The number of piperazine rings is 1. The number of nitrogens with zero attached hydrogens (tertiary/aromatic N) is 3. The molecule has 1 aliphatic heterocycles. The van der Waals surface area contributed by atoms with Gasteiger partial charge in [0.15, 0.2) is 0 Å². The van der Waals surface area contributed by atoms with Crippen LogP contribution in [0.2, 0.25) is 0 Å². The van der Waals surface area contributed by atoms with Gasteiger partial charge in [0.2, 0.25) is 5.89 Å². The lowest BCUT2D eigenvalue weighted by atomic mass is 10.1. The van der Waals surface area contributed by atoms with Crippen LogP contribution in [0.25, 0.3) is 11.5 Å². The predicted molar refractivity (Wildman–Crippen MR) is 117 cm³/mol. The first-order valence-electron chi connectivity index (χ1n) is 9.80. The number of amides is 1. The highest BCUT2D eigenvalue weighted by atomic mass is 79.9. The molecule has 0 bridgehead atoms. The zero-order valence-electron chi connectivity index (χ0n) is 16.7. The lowest BCUT2D eigenvalue weighted by Gasteiger charge is -2.34. The molecule has 1 fully saturated rings. The van der Waals surface area contributed by atoms with Crippen LogP contribution in [0.1, 0.15) is 27.4 Å². The topological polar surface area (TPSA) is 49.6 Å². The second-order valence-corrected chi connectivity index (χ2v) is 8.38. The first kappa shape index (κ1) is 19.9. The average Bonchev–Trinajstić information content (AvgIpc) is 3.09. The molecule has 0 unspecified atom stereocenters. The monoisotopic (exact) mass is 453 g/mol. The molecule has 5 nitrogen and oxygen atoms in total. The van der Waals surface area contributed by atoms with Crippen LogP contribution >= 0.6 is 15.9 Å². The van der Waals surface area contributed by atoms with Gasteiger partial charge >= 0.3 is 0 Å². The van der Waals surface area contributed by atoms with Crippen molar-refractivity contribution in [1.29, 1.82) is 0 Å². The highest BCUT2D eigenvalue weighted by molar-refractivity contribution is 9.10. The Morgan fingerprint density at radius 2 is 1.66 bits per heavy atom. The molecule has 0 aliphatic carbocycles. The van der Waals surface area contributed by atoms with Crippen molar-refractivity contribution in [2.75, 3.05) is 26.2 Å². The average molecular weight is 454 g/mol. The Morgan fingerprint density at radius 3 is 2.31 bits per heavy atom. The predicted octanol–water partition coefficient (Wildman–Crippen LogP) is 4.68. The van der Waals surface area contributed by atoms with E-state index >= 15 is 0 Å². The molecule has 4 rings (SSSR count). The highest BCUT2D eigenvalue weighted by Crippen LogP contribution is 2.23. The zero-order chi connectivity index (χ0) is 20.4. The van der Waals surface area contributed by atoms with Gasteiger partial charge in [0, 0.05) is 48.3 Å². The molecule has 1 saturated heterocycles. The van der Waals surface area contributed by atoms with Gasteiger partial charge in [-0.25, -0.2) is 4.98 Å². The number of carbonyl (C=O) groups excluding carboxylic acids is 1. The van der Waals surface area contributed by atoms with Crippen LogP contribution in [0.5, 0.6) is 0 Å². The van der Waals surface area contributed by atoms with E-state index in [1.807, 2.05) is 48.2 Å². The van der Waals surface area contributed by atoms with Gasteiger partial charge in [0.05, 0.1) is 5.69 Å². The first-order valence-corrected chi connectivity index (χ1v) is 10.6. The van der Waals surface area contributed by atoms with Crippen LogP contribution < -0.4 is 0 Å². The molecule has 0 saturated carbocycles. The van der Waals surface area contributed by atoms with Gasteiger partial charge in [-0.3, -0.25) is 9.69 Å². The number of aromatic nitrogens is 1. The van der Waals surface area contributed by atoms with E-state index in [1.54, 1.807) is 0 Å². The largest absolute Gasteiger partial charge is 0.441 e. The molecular weight excluding hydrogens is 430 g/mol. The smallest absolute Gasteiger partial charge is 0.253 e. The van der Waals surface area contributed by atoms with E-state index in [0.717, 1.165) is 59.8 Å². The van der Waals surface area contributed by atoms with Gasteiger partial charge in [0.1, 0.15) is 5.76 Å². The Kier molecular flexibility index (Phi) is 5.83. The first-order chi connectivity index (χ1) is 14.0. The Balaban J connectivity index is 1.37. The molecular formula is C23H24BrN3O2. The van der Waals surface area contributed by atoms with Gasteiger partial charge in [-0.2, -0.15) is 0 Å². The van der Waals surface area contributed by atoms with Crippen LogP contribution in [0.4, 0.5) is 0 Å². The second-order valence-electron chi connectivity index (χ2n) is 7.46. The minimum atomic E-state index is 0.0939. The summed E-state index contributed by atoms with van der Waals surface area (Å²) in [5, 5.41) is 0. The van der Waals surface area contributed by atoms with Crippen LogP contribution in [0.3, 0.4) is 0 Å². The molecule has 1 aromatic heterocycles. The van der Waals surface area contributed by atoms with E-state index in [4.69, 9.17) is 9.40 Å². The van der Waals surface area contributed by atoms with Crippen LogP contribution in [0, 0.1) is 13.8 Å². The SMILES string of the molecule is Cc1ccc(-c2nc(CN3CCN(C(=O)c4ccc(Br)cc4)CC3)c(C)o2)cc1. The number of hydrogen-bond acceptors (Lipinski definition) is 4. The molecule has 0 N–H and O–H groups in total. The Labute approximate surface area is 179 Å². The minimum Gasteiger partial charge on any atom is -0.441 e. The van der Waals surface area contributed by atoms with Crippen molar-refractivity contribution in [3.8, 4) is 11.5 Å². The van der Waals surface area contributed by atoms with E-state index in [0.29, 0.717) is 5.89 Å². The van der Waals surface area contributed by atoms with Crippen molar-refractivity contribution in [2.24, 2.45) is 0 Å². The fourth-order valence-corrected chi connectivity index (χ4v) is 3.75. The third kappa shape index (κ3) is 4.60. The maximum absolute atomic E-state index is 12.7. The lowest BCUT2D eigenvalue weighted by molar-refractivity contribution is 0.0626. The van der Waals surface area contributed by atoms with Crippen molar-refractivity contribution in [1.82, 2.24) is 14.8 Å². The number of halogens is 1. The van der Waals surface area contributed by atoms with Crippen LogP contribution in [-0.4, -0.2) is 46.9 Å². The summed E-state index contributed by atoms with van der Waals surface area (Å²) >= 11 is 3.41. The Bertz CT molecular complexity index is 988. The number of carbonyl (C=O) groups is 1. The number of rotatable bonds is 4. The van der Waals surface area contributed by atoms with Gasteiger partial charge < -0.3 is 9.32 Å². The summed E-state index contributed by atoms with van der Waals surface area (Å²) in [6.07, 6.45) is 0. The van der Waals surface area contributed by atoms with Crippen molar-refractivity contribution in [2.45, 2.75) is 20.4 Å². The van der Waals surface area contributed by atoms with E-state index < -0.39 is 0 Å². The van der Waals surface area contributed by atoms with Crippen molar-refractivity contribution >= 4 is 21.8 Å². The molecule has 6 heteroatoms. The van der Waals surface area contributed by atoms with E-state index in [9.17, 15) is 4.79 Å². The Hall–Kier alpha value is -2.44. The fraction of sp³-hybridized carbons (Fsp3) is 0.304. The summed E-state index contributed by atoms with van der Waals surface area (Å²) in [5.41, 5.74) is 3.91.